The highest BCUT2D eigenvalue weighted by Crippen LogP contribution is 2.19. The first-order valence-corrected chi connectivity index (χ1v) is 16.6. The normalized spacial score (nSPS) is 14.5. The maximum atomic E-state index is 13.6. The highest BCUT2D eigenvalue weighted by Gasteiger charge is 2.31. The number of esters is 1. The molecule has 48 heavy (non-hydrogen) atoms. The molecule has 0 bridgehead atoms. The van der Waals surface area contributed by atoms with E-state index in [0.29, 0.717) is 44.3 Å². The molecule has 264 valence electrons. The van der Waals surface area contributed by atoms with Gasteiger partial charge in [-0.25, -0.2) is 0 Å². The number of carbonyl (C=O) groups is 7. The van der Waals surface area contributed by atoms with Crippen LogP contribution in [0.1, 0.15) is 85.1 Å². The molecule has 3 atom stereocenters. The lowest BCUT2D eigenvalue weighted by molar-refractivity contribution is -0.142. The zero-order valence-electron chi connectivity index (χ0n) is 28.7. The zero-order chi connectivity index (χ0) is 35.8. The highest BCUT2D eigenvalue weighted by atomic mass is 16.5. The summed E-state index contributed by atoms with van der Waals surface area (Å²) >= 11 is 0. The molecule has 0 aromatic heterocycles. The number of nitrogens with one attached hydrogen (secondary N) is 3. The number of hydrogen-bond donors (Lipinski definition) is 4. The Morgan fingerprint density at radius 1 is 0.812 bits per heavy atom. The molecule has 1 aliphatic rings. The average Bonchev–Trinajstić information content (AvgIpc) is 3.34. The van der Waals surface area contributed by atoms with Crippen molar-refractivity contribution in [3.05, 3.63) is 42.0 Å². The van der Waals surface area contributed by atoms with Gasteiger partial charge in [0, 0.05) is 50.1 Å². The predicted molar refractivity (Wildman–Crippen MR) is 180 cm³/mol. The predicted octanol–water partition coefficient (Wildman–Crippen LogP) is 2.77. The number of imide groups is 1. The fraction of sp³-hybridized carbons (Fsp3) is 0.571. The van der Waals surface area contributed by atoms with Crippen LogP contribution in [-0.4, -0.2) is 71.4 Å². The molecular formula is C35H51N5O8. The van der Waals surface area contributed by atoms with E-state index in [1.165, 1.54) is 6.92 Å². The van der Waals surface area contributed by atoms with Crippen molar-refractivity contribution in [2.45, 2.75) is 98.3 Å². The molecular weight excluding hydrogens is 618 g/mol. The van der Waals surface area contributed by atoms with Gasteiger partial charge in [-0.2, -0.15) is 0 Å². The fourth-order valence-corrected chi connectivity index (χ4v) is 5.24. The van der Waals surface area contributed by atoms with Crippen molar-refractivity contribution in [1.29, 1.82) is 0 Å². The number of anilines is 1. The maximum absolute atomic E-state index is 13.6. The van der Waals surface area contributed by atoms with E-state index in [1.54, 1.807) is 24.3 Å². The van der Waals surface area contributed by atoms with Gasteiger partial charge in [-0.3, -0.25) is 38.5 Å². The molecule has 1 aromatic carbocycles. The summed E-state index contributed by atoms with van der Waals surface area (Å²) in [4.78, 5) is 89.2. The number of benzene rings is 1. The van der Waals surface area contributed by atoms with Crippen LogP contribution in [0.2, 0.25) is 0 Å². The molecule has 2 rings (SSSR count). The van der Waals surface area contributed by atoms with E-state index >= 15 is 0 Å². The van der Waals surface area contributed by atoms with Crippen LogP contribution >= 0.6 is 0 Å². The van der Waals surface area contributed by atoms with Crippen LogP contribution < -0.4 is 21.7 Å². The Labute approximate surface area is 282 Å². The first-order chi connectivity index (χ1) is 22.7. The topological polar surface area (TPSA) is 194 Å². The van der Waals surface area contributed by atoms with Crippen LogP contribution in [0.25, 0.3) is 0 Å². The van der Waals surface area contributed by atoms with Crippen molar-refractivity contribution >= 4 is 47.0 Å². The van der Waals surface area contributed by atoms with Gasteiger partial charge in [0.15, 0.2) is 0 Å². The molecule has 0 aliphatic carbocycles. The van der Waals surface area contributed by atoms with Gasteiger partial charge in [-0.1, -0.05) is 39.8 Å². The highest BCUT2D eigenvalue weighted by molar-refractivity contribution is 6.13. The smallest absolute Gasteiger partial charge is 0.302 e. The second-order valence-corrected chi connectivity index (χ2v) is 13.0. The van der Waals surface area contributed by atoms with Gasteiger partial charge in [0.25, 0.3) is 11.8 Å². The number of amides is 5. The molecule has 5 amide bonds. The van der Waals surface area contributed by atoms with E-state index < -0.39 is 53.5 Å². The third kappa shape index (κ3) is 14.2. The second-order valence-electron chi connectivity index (χ2n) is 13.0. The molecule has 0 saturated carbocycles. The van der Waals surface area contributed by atoms with Crippen molar-refractivity contribution in [2.75, 3.05) is 18.4 Å². The molecule has 0 unspecified atom stereocenters. The molecule has 1 aliphatic heterocycles. The lowest BCUT2D eigenvalue weighted by atomic mass is 9.90. The molecule has 5 N–H and O–H groups in total. The van der Waals surface area contributed by atoms with Crippen LogP contribution in [0.4, 0.5) is 5.69 Å². The standard InChI is InChI=1S/C35H51N5O8/c1-22(2)18-26(20-28(42)15-17-40-31(43)13-14-32(40)44)33(45)39-30(19-23(3)4)35(47)38-29(8-6-7-16-36)34(46)37-27-11-9-25(10-12-27)21-48-24(5)41/h9-14,22-23,26,29-30H,6-8,15-21,36H2,1-5H3,(H,37,46)(H,38,47)(H,39,45)/t26-,29-,30-/m0/s1. The number of Topliss-reactive ketones (excluding diaryl/α,β-unsaturated/α-hetero) is 1. The summed E-state index contributed by atoms with van der Waals surface area (Å²) in [5, 5.41) is 8.48. The van der Waals surface area contributed by atoms with Crippen molar-refractivity contribution in [2.24, 2.45) is 23.5 Å². The largest absolute Gasteiger partial charge is 0.461 e. The molecule has 0 spiro atoms. The second kappa shape index (κ2) is 20.1. The number of ether oxygens (including phenoxy) is 1. The van der Waals surface area contributed by atoms with Crippen LogP contribution in [0.5, 0.6) is 0 Å². The third-order valence-electron chi connectivity index (χ3n) is 7.70. The van der Waals surface area contributed by atoms with Crippen molar-refractivity contribution in [3.63, 3.8) is 0 Å². The van der Waals surface area contributed by atoms with Gasteiger partial charge >= 0.3 is 5.97 Å². The summed E-state index contributed by atoms with van der Waals surface area (Å²) in [5.41, 5.74) is 6.90. The minimum Gasteiger partial charge on any atom is -0.461 e. The number of nitrogens with zero attached hydrogens (tertiary/aromatic N) is 1. The number of carbonyl (C=O) groups excluding carboxylic acids is 7. The van der Waals surface area contributed by atoms with Crippen molar-refractivity contribution in [3.8, 4) is 0 Å². The summed E-state index contributed by atoms with van der Waals surface area (Å²) in [6.07, 6.45) is 4.37. The number of ketones is 1. The first kappa shape index (κ1) is 39.8. The van der Waals surface area contributed by atoms with E-state index in [-0.39, 0.29) is 43.6 Å². The molecule has 0 fully saturated rings. The lowest BCUT2D eigenvalue weighted by Gasteiger charge is -2.26. The summed E-state index contributed by atoms with van der Waals surface area (Å²) in [7, 11) is 0. The Bertz CT molecular complexity index is 1310. The lowest BCUT2D eigenvalue weighted by Crippen LogP contribution is -2.54. The summed E-state index contributed by atoms with van der Waals surface area (Å²) < 4.78 is 5.00. The van der Waals surface area contributed by atoms with E-state index in [9.17, 15) is 33.6 Å². The first-order valence-electron chi connectivity index (χ1n) is 16.6. The monoisotopic (exact) mass is 669 g/mol. The fourth-order valence-electron chi connectivity index (χ4n) is 5.24. The minimum absolute atomic E-state index is 0.0189. The molecule has 13 heteroatoms. The van der Waals surface area contributed by atoms with Crippen LogP contribution in [0.15, 0.2) is 36.4 Å². The molecule has 13 nitrogen and oxygen atoms in total. The number of nitrogens with two attached hydrogens (primary N) is 1. The number of rotatable bonds is 21. The van der Waals surface area contributed by atoms with Gasteiger partial charge in [0.2, 0.25) is 17.7 Å². The Balaban J connectivity index is 2.12. The summed E-state index contributed by atoms with van der Waals surface area (Å²) in [6.45, 7) is 9.46. The molecule has 1 heterocycles. The van der Waals surface area contributed by atoms with Gasteiger partial charge in [0.1, 0.15) is 24.5 Å². The van der Waals surface area contributed by atoms with Crippen molar-refractivity contribution < 1.29 is 38.3 Å². The average molecular weight is 670 g/mol. The Hall–Kier alpha value is -4.39. The van der Waals surface area contributed by atoms with Gasteiger partial charge in [-0.05, 0) is 68.2 Å². The Kier molecular flexibility index (Phi) is 16.6. The maximum Gasteiger partial charge on any atom is 0.302 e. The van der Waals surface area contributed by atoms with E-state index in [2.05, 4.69) is 16.0 Å². The van der Waals surface area contributed by atoms with Crippen LogP contribution in [-0.2, 0) is 44.9 Å². The summed E-state index contributed by atoms with van der Waals surface area (Å²) in [6, 6.07) is 4.91. The van der Waals surface area contributed by atoms with E-state index in [4.69, 9.17) is 10.5 Å². The number of unbranched alkanes of at least 4 members (excludes halogenated alkanes) is 1. The Morgan fingerprint density at radius 3 is 1.98 bits per heavy atom. The van der Waals surface area contributed by atoms with Crippen LogP contribution in [0.3, 0.4) is 0 Å². The van der Waals surface area contributed by atoms with Crippen molar-refractivity contribution in [1.82, 2.24) is 15.5 Å². The molecule has 1 aromatic rings. The molecule has 0 saturated heterocycles. The SMILES string of the molecule is CC(=O)OCc1ccc(NC(=O)[C@H](CCCCN)NC(=O)[C@H](CC(C)C)NC(=O)[C@H](CC(=O)CCN2C(=O)C=CC2=O)CC(C)C)cc1. The zero-order valence-corrected chi connectivity index (χ0v) is 28.7. The van der Waals surface area contributed by atoms with Gasteiger partial charge in [-0.15, -0.1) is 0 Å². The third-order valence-corrected chi connectivity index (χ3v) is 7.70. The summed E-state index contributed by atoms with van der Waals surface area (Å²) in [5.74, 6) is -3.67. The van der Waals surface area contributed by atoms with Gasteiger partial charge in [0.05, 0.1) is 0 Å². The molecule has 0 radical (unpaired) electrons. The Morgan fingerprint density at radius 2 is 1.42 bits per heavy atom. The van der Waals surface area contributed by atoms with E-state index in [1.807, 2.05) is 27.7 Å². The number of hydrogen-bond acceptors (Lipinski definition) is 9. The van der Waals surface area contributed by atoms with Gasteiger partial charge < -0.3 is 26.4 Å². The quantitative estimate of drug-likeness (QED) is 0.0865. The minimum atomic E-state index is -0.960. The van der Waals surface area contributed by atoms with Crippen LogP contribution in [0, 0.1) is 17.8 Å². The van der Waals surface area contributed by atoms with E-state index in [0.717, 1.165) is 22.6 Å².